The molecule has 29 heavy (non-hydrogen) atoms. The average molecular weight is 399 g/mol. The molecule has 148 valence electrons. The minimum absolute atomic E-state index is 0.0610. The molecule has 1 heterocycles. The predicted octanol–water partition coefficient (Wildman–Crippen LogP) is 4.28. The third-order valence-electron chi connectivity index (χ3n) is 4.03. The van der Waals surface area contributed by atoms with E-state index in [1.165, 1.54) is 12.1 Å². The molecule has 0 atom stereocenters. The Balaban J connectivity index is 1.65. The van der Waals surface area contributed by atoms with Crippen molar-refractivity contribution in [3.05, 3.63) is 95.3 Å². The fourth-order valence-electron chi connectivity index (χ4n) is 2.58. The molecule has 0 aliphatic carbocycles. The van der Waals surface area contributed by atoms with E-state index in [1.54, 1.807) is 48.8 Å². The van der Waals surface area contributed by atoms with Crippen LogP contribution in [0.1, 0.15) is 31.8 Å². The summed E-state index contributed by atoms with van der Waals surface area (Å²) >= 11 is 0. The SMILES string of the molecule is O=C(NCc1cccc(C(=O)Nc2ccncc2)c1)c1cccc(C(F)(F)F)c1. The molecule has 5 nitrogen and oxygen atoms in total. The molecule has 0 saturated heterocycles. The van der Waals surface area contributed by atoms with Crippen LogP contribution in [0, 0.1) is 0 Å². The van der Waals surface area contributed by atoms with E-state index >= 15 is 0 Å². The van der Waals surface area contributed by atoms with E-state index < -0.39 is 17.6 Å². The minimum Gasteiger partial charge on any atom is -0.348 e. The van der Waals surface area contributed by atoms with E-state index in [0.717, 1.165) is 12.1 Å². The van der Waals surface area contributed by atoms with E-state index in [1.807, 2.05) is 0 Å². The topological polar surface area (TPSA) is 71.1 Å². The second-order valence-electron chi connectivity index (χ2n) is 6.15. The molecule has 0 spiro atoms. The molecule has 0 saturated carbocycles. The minimum atomic E-state index is -4.52. The number of anilines is 1. The summed E-state index contributed by atoms with van der Waals surface area (Å²) in [4.78, 5) is 28.4. The number of hydrogen-bond donors (Lipinski definition) is 2. The Bertz CT molecular complexity index is 1020. The molecule has 0 unspecified atom stereocenters. The van der Waals surface area contributed by atoms with Gasteiger partial charge >= 0.3 is 6.18 Å². The third kappa shape index (κ3) is 5.41. The van der Waals surface area contributed by atoms with Crippen LogP contribution in [-0.2, 0) is 12.7 Å². The number of carbonyl (C=O) groups is 2. The summed E-state index contributed by atoms with van der Waals surface area (Å²) in [6.07, 6.45) is -1.42. The standard InChI is InChI=1S/C21H16F3N3O2/c22-21(23,24)17-6-2-5-16(12-17)19(28)26-13-14-3-1-4-15(11-14)20(29)27-18-7-9-25-10-8-18/h1-12H,13H2,(H,26,28)(H,25,27,29). The number of aromatic nitrogens is 1. The predicted molar refractivity (Wildman–Crippen MR) is 101 cm³/mol. The maximum Gasteiger partial charge on any atom is 0.416 e. The number of hydrogen-bond acceptors (Lipinski definition) is 3. The summed E-state index contributed by atoms with van der Waals surface area (Å²) < 4.78 is 38.4. The van der Waals surface area contributed by atoms with Crippen LogP contribution in [0.3, 0.4) is 0 Å². The maximum absolute atomic E-state index is 12.8. The van der Waals surface area contributed by atoms with Gasteiger partial charge in [0.2, 0.25) is 0 Å². The van der Waals surface area contributed by atoms with Crippen molar-refractivity contribution >= 4 is 17.5 Å². The van der Waals surface area contributed by atoms with Crippen LogP contribution in [0.15, 0.2) is 73.1 Å². The highest BCUT2D eigenvalue weighted by Crippen LogP contribution is 2.29. The number of carbonyl (C=O) groups excluding carboxylic acids is 2. The van der Waals surface area contributed by atoms with Gasteiger partial charge in [0, 0.05) is 35.8 Å². The zero-order chi connectivity index (χ0) is 20.9. The van der Waals surface area contributed by atoms with Crippen molar-refractivity contribution in [3.63, 3.8) is 0 Å². The summed E-state index contributed by atoms with van der Waals surface area (Å²) in [6.45, 7) is 0.0610. The molecular formula is C21H16F3N3O2. The van der Waals surface area contributed by atoms with Gasteiger partial charge in [0.1, 0.15) is 0 Å². The first-order chi connectivity index (χ1) is 13.8. The fourth-order valence-corrected chi connectivity index (χ4v) is 2.58. The summed E-state index contributed by atoms with van der Waals surface area (Å²) in [5.74, 6) is -0.968. The van der Waals surface area contributed by atoms with Gasteiger partial charge < -0.3 is 10.6 Å². The number of alkyl halides is 3. The van der Waals surface area contributed by atoms with Crippen molar-refractivity contribution in [1.82, 2.24) is 10.3 Å². The van der Waals surface area contributed by atoms with Gasteiger partial charge in [0.25, 0.3) is 11.8 Å². The largest absolute Gasteiger partial charge is 0.416 e. The van der Waals surface area contributed by atoms with Crippen molar-refractivity contribution < 1.29 is 22.8 Å². The first-order valence-corrected chi connectivity index (χ1v) is 8.59. The third-order valence-corrected chi connectivity index (χ3v) is 4.03. The van der Waals surface area contributed by atoms with Gasteiger partial charge in [-0.25, -0.2) is 0 Å². The zero-order valence-corrected chi connectivity index (χ0v) is 15.0. The molecule has 0 fully saturated rings. The quantitative estimate of drug-likeness (QED) is 0.673. The number of amides is 2. The van der Waals surface area contributed by atoms with E-state index in [9.17, 15) is 22.8 Å². The number of pyridine rings is 1. The Kier molecular flexibility index (Phi) is 5.92. The number of benzene rings is 2. The van der Waals surface area contributed by atoms with Crippen LogP contribution in [0.2, 0.25) is 0 Å². The van der Waals surface area contributed by atoms with Crippen molar-refractivity contribution in [1.29, 1.82) is 0 Å². The maximum atomic E-state index is 12.8. The molecule has 0 aliphatic heterocycles. The number of halogens is 3. The highest BCUT2D eigenvalue weighted by molar-refractivity contribution is 6.04. The first kappa shape index (κ1) is 20.1. The summed E-state index contributed by atoms with van der Waals surface area (Å²) in [7, 11) is 0. The Morgan fingerprint density at radius 1 is 0.862 bits per heavy atom. The van der Waals surface area contributed by atoms with Crippen LogP contribution in [-0.4, -0.2) is 16.8 Å². The fraction of sp³-hybridized carbons (Fsp3) is 0.0952. The molecule has 2 amide bonds. The van der Waals surface area contributed by atoms with Crippen molar-refractivity contribution in [2.24, 2.45) is 0 Å². The molecular weight excluding hydrogens is 383 g/mol. The molecule has 3 rings (SSSR count). The molecule has 0 radical (unpaired) electrons. The van der Waals surface area contributed by atoms with Crippen LogP contribution in [0.4, 0.5) is 18.9 Å². The molecule has 0 aliphatic rings. The summed E-state index contributed by atoms with van der Waals surface area (Å²) in [6, 6.07) is 14.1. The number of nitrogens with one attached hydrogen (secondary N) is 2. The highest BCUT2D eigenvalue weighted by atomic mass is 19.4. The molecule has 1 aromatic heterocycles. The lowest BCUT2D eigenvalue weighted by Crippen LogP contribution is -2.23. The molecule has 2 N–H and O–H groups in total. The molecule has 2 aromatic carbocycles. The first-order valence-electron chi connectivity index (χ1n) is 8.59. The Hall–Kier alpha value is -3.68. The number of nitrogens with zero attached hydrogens (tertiary/aromatic N) is 1. The normalized spacial score (nSPS) is 11.0. The lowest BCUT2D eigenvalue weighted by molar-refractivity contribution is -0.137. The van der Waals surface area contributed by atoms with Crippen molar-refractivity contribution in [2.75, 3.05) is 5.32 Å². The van der Waals surface area contributed by atoms with Gasteiger partial charge in [-0.15, -0.1) is 0 Å². The van der Waals surface area contributed by atoms with Crippen LogP contribution >= 0.6 is 0 Å². The van der Waals surface area contributed by atoms with E-state index in [-0.39, 0.29) is 18.0 Å². The lowest BCUT2D eigenvalue weighted by Gasteiger charge is -2.10. The van der Waals surface area contributed by atoms with Crippen LogP contribution in [0.5, 0.6) is 0 Å². The molecule has 3 aromatic rings. The van der Waals surface area contributed by atoms with Crippen LogP contribution < -0.4 is 10.6 Å². The van der Waals surface area contributed by atoms with Gasteiger partial charge in [0.05, 0.1) is 5.56 Å². The second-order valence-corrected chi connectivity index (χ2v) is 6.15. The highest BCUT2D eigenvalue weighted by Gasteiger charge is 2.30. The van der Waals surface area contributed by atoms with Gasteiger partial charge in [-0.3, -0.25) is 14.6 Å². The van der Waals surface area contributed by atoms with Crippen molar-refractivity contribution in [2.45, 2.75) is 12.7 Å². The Morgan fingerprint density at radius 3 is 2.21 bits per heavy atom. The van der Waals surface area contributed by atoms with Crippen molar-refractivity contribution in [3.8, 4) is 0 Å². The summed E-state index contributed by atoms with van der Waals surface area (Å²) in [5, 5.41) is 5.29. The van der Waals surface area contributed by atoms with E-state index in [2.05, 4.69) is 15.6 Å². The summed E-state index contributed by atoms with van der Waals surface area (Å²) in [5.41, 5.74) is 0.625. The molecule has 0 bridgehead atoms. The lowest BCUT2D eigenvalue weighted by atomic mass is 10.1. The smallest absolute Gasteiger partial charge is 0.348 e. The van der Waals surface area contributed by atoms with Gasteiger partial charge in [-0.2, -0.15) is 13.2 Å². The average Bonchev–Trinajstić information content (AvgIpc) is 2.72. The van der Waals surface area contributed by atoms with Crippen LogP contribution in [0.25, 0.3) is 0 Å². The monoisotopic (exact) mass is 399 g/mol. The van der Waals surface area contributed by atoms with E-state index in [4.69, 9.17) is 0 Å². The Labute approximate surface area is 164 Å². The van der Waals surface area contributed by atoms with Gasteiger partial charge in [-0.05, 0) is 48.0 Å². The van der Waals surface area contributed by atoms with E-state index in [0.29, 0.717) is 16.8 Å². The van der Waals surface area contributed by atoms with Gasteiger partial charge in [-0.1, -0.05) is 18.2 Å². The zero-order valence-electron chi connectivity index (χ0n) is 15.0. The number of rotatable bonds is 5. The second kappa shape index (κ2) is 8.55. The molecule has 8 heteroatoms. The Morgan fingerprint density at radius 2 is 1.52 bits per heavy atom. The van der Waals surface area contributed by atoms with Gasteiger partial charge in [0.15, 0.2) is 0 Å².